The molecule has 0 spiro atoms. The molecular formula is C17H21FN2O2. The zero-order valence-corrected chi connectivity index (χ0v) is 12.7. The van der Waals surface area contributed by atoms with Crippen LogP contribution in [0.15, 0.2) is 23.0 Å². The Morgan fingerprint density at radius 2 is 2.05 bits per heavy atom. The molecule has 4 nitrogen and oxygen atoms in total. The van der Waals surface area contributed by atoms with Crippen LogP contribution >= 0.6 is 0 Å². The molecule has 0 aliphatic carbocycles. The van der Waals surface area contributed by atoms with Gasteiger partial charge < -0.3 is 10.1 Å². The summed E-state index contributed by atoms with van der Waals surface area (Å²) in [5, 5.41) is 10.9. The number of fused-ring (bicyclic) bond motifs is 1. The fourth-order valence-electron chi connectivity index (χ4n) is 3.19. The van der Waals surface area contributed by atoms with E-state index in [1.54, 1.807) is 6.07 Å². The second-order valence-corrected chi connectivity index (χ2v) is 5.96. The third-order valence-electron chi connectivity index (χ3n) is 4.47. The number of aliphatic hydroxyl groups is 1. The molecular weight excluding hydrogens is 283 g/mol. The first-order valence-electron chi connectivity index (χ1n) is 7.82. The Morgan fingerprint density at radius 3 is 2.73 bits per heavy atom. The van der Waals surface area contributed by atoms with Gasteiger partial charge in [0.2, 0.25) is 0 Å². The van der Waals surface area contributed by atoms with Crippen LogP contribution in [-0.2, 0) is 13.0 Å². The van der Waals surface area contributed by atoms with E-state index in [1.165, 1.54) is 12.1 Å². The lowest BCUT2D eigenvalue weighted by molar-refractivity contribution is 0.0793. The standard InChI is InChI=1S/C17H21FN2O2/c1-2-16-15(10-20-7-5-12(21)6-8-20)13-4-3-11(18)9-14(13)17(22)19-16/h3-4,9,12,21H,2,5-8,10H2,1H3,(H,19,22). The Kier molecular flexibility index (Phi) is 4.27. The van der Waals surface area contributed by atoms with Crippen LogP contribution in [-0.4, -0.2) is 34.2 Å². The molecule has 0 saturated carbocycles. The molecule has 1 aromatic carbocycles. The summed E-state index contributed by atoms with van der Waals surface area (Å²) in [6.07, 6.45) is 2.08. The highest BCUT2D eigenvalue weighted by Crippen LogP contribution is 2.23. The van der Waals surface area contributed by atoms with Crippen molar-refractivity contribution in [2.75, 3.05) is 13.1 Å². The highest BCUT2D eigenvalue weighted by atomic mass is 19.1. The number of benzene rings is 1. The van der Waals surface area contributed by atoms with Crippen molar-refractivity contribution in [2.24, 2.45) is 0 Å². The molecule has 0 bridgehead atoms. The maximum Gasteiger partial charge on any atom is 0.256 e. The van der Waals surface area contributed by atoms with Gasteiger partial charge in [0.05, 0.1) is 11.5 Å². The highest BCUT2D eigenvalue weighted by molar-refractivity contribution is 5.85. The second-order valence-electron chi connectivity index (χ2n) is 5.96. The fraction of sp³-hybridized carbons (Fsp3) is 0.471. The van der Waals surface area contributed by atoms with Gasteiger partial charge in [0.1, 0.15) is 5.82 Å². The normalized spacial score (nSPS) is 17.2. The van der Waals surface area contributed by atoms with Crippen LogP contribution in [0, 0.1) is 5.82 Å². The van der Waals surface area contributed by atoms with E-state index in [-0.39, 0.29) is 11.7 Å². The number of piperidine rings is 1. The van der Waals surface area contributed by atoms with E-state index in [1.807, 2.05) is 6.92 Å². The van der Waals surface area contributed by atoms with Crippen LogP contribution in [0.4, 0.5) is 4.39 Å². The quantitative estimate of drug-likeness (QED) is 0.914. The van der Waals surface area contributed by atoms with E-state index in [0.717, 1.165) is 55.5 Å². The van der Waals surface area contributed by atoms with Gasteiger partial charge in [-0.1, -0.05) is 13.0 Å². The van der Waals surface area contributed by atoms with Crippen molar-refractivity contribution in [2.45, 2.75) is 38.8 Å². The Bertz CT molecular complexity index is 733. The number of nitrogens with zero attached hydrogens (tertiary/aromatic N) is 1. The van der Waals surface area contributed by atoms with Gasteiger partial charge in [0, 0.05) is 25.3 Å². The lowest BCUT2D eigenvalue weighted by Crippen LogP contribution is -2.35. The van der Waals surface area contributed by atoms with Crippen molar-refractivity contribution in [1.29, 1.82) is 0 Å². The average Bonchev–Trinajstić information content (AvgIpc) is 2.52. The maximum atomic E-state index is 13.4. The van der Waals surface area contributed by atoms with E-state index in [0.29, 0.717) is 5.39 Å². The zero-order chi connectivity index (χ0) is 15.7. The number of aliphatic hydroxyl groups excluding tert-OH is 1. The molecule has 1 aromatic heterocycles. The second kappa shape index (κ2) is 6.18. The largest absolute Gasteiger partial charge is 0.393 e. The van der Waals surface area contributed by atoms with Crippen molar-refractivity contribution in [3.05, 3.63) is 45.6 Å². The van der Waals surface area contributed by atoms with E-state index < -0.39 is 5.82 Å². The van der Waals surface area contributed by atoms with Crippen molar-refractivity contribution >= 4 is 10.8 Å². The number of aromatic nitrogens is 1. The molecule has 22 heavy (non-hydrogen) atoms. The zero-order valence-electron chi connectivity index (χ0n) is 12.7. The average molecular weight is 304 g/mol. The van der Waals surface area contributed by atoms with Crippen LogP contribution in [0.25, 0.3) is 10.8 Å². The van der Waals surface area contributed by atoms with Gasteiger partial charge in [0.25, 0.3) is 5.56 Å². The summed E-state index contributed by atoms with van der Waals surface area (Å²) < 4.78 is 13.4. The van der Waals surface area contributed by atoms with Gasteiger partial charge in [0.15, 0.2) is 0 Å². The first-order chi connectivity index (χ1) is 10.6. The van der Waals surface area contributed by atoms with Gasteiger partial charge in [-0.15, -0.1) is 0 Å². The topological polar surface area (TPSA) is 56.3 Å². The lowest BCUT2D eigenvalue weighted by atomic mass is 10.0. The summed E-state index contributed by atoms with van der Waals surface area (Å²) in [7, 11) is 0. The lowest BCUT2D eigenvalue weighted by Gasteiger charge is -2.30. The van der Waals surface area contributed by atoms with Crippen LogP contribution in [0.3, 0.4) is 0 Å². The SMILES string of the molecule is CCc1[nH]c(=O)c2cc(F)ccc2c1CN1CCC(O)CC1. The fourth-order valence-corrected chi connectivity index (χ4v) is 3.19. The van der Waals surface area contributed by atoms with E-state index in [4.69, 9.17) is 0 Å². The molecule has 0 atom stereocenters. The highest BCUT2D eigenvalue weighted by Gasteiger charge is 2.19. The smallest absolute Gasteiger partial charge is 0.256 e. The van der Waals surface area contributed by atoms with Gasteiger partial charge in [-0.25, -0.2) is 4.39 Å². The van der Waals surface area contributed by atoms with Crippen molar-refractivity contribution in [1.82, 2.24) is 9.88 Å². The molecule has 2 N–H and O–H groups in total. The van der Waals surface area contributed by atoms with Crippen molar-refractivity contribution in [3.8, 4) is 0 Å². The van der Waals surface area contributed by atoms with Gasteiger partial charge >= 0.3 is 0 Å². The number of H-pyrrole nitrogens is 1. The minimum Gasteiger partial charge on any atom is -0.393 e. The van der Waals surface area contributed by atoms with E-state index >= 15 is 0 Å². The summed E-state index contributed by atoms with van der Waals surface area (Å²) in [6, 6.07) is 4.41. The number of pyridine rings is 1. The summed E-state index contributed by atoms with van der Waals surface area (Å²) in [4.78, 5) is 17.3. The summed E-state index contributed by atoms with van der Waals surface area (Å²) in [6.45, 7) is 4.40. The predicted molar refractivity (Wildman–Crippen MR) is 84.4 cm³/mol. The molecule has 1 saturated heterocycles. The Morgan fingerprint density at radius 1 is 1.32 bits per heavy atom. The molecule has 1 fully saturated rings. The Hall–Kier alpha value is -1.72. The van der Waals surface area contributed by atoms with E-state index in [9.17, 15) is 14.3 Å². The number of nitrogens with one attached hydrogen (secondary N) is 1. The maximum absolute atomic E-state index is 13.4. The summed E-state index contributed by atoms with van der Waals surface area (Å²) in [5.74, 6) is -0.394. The van der Waals surface area contributed by atoms with Crippen LogP contribution in [0.1, 0.15) is 31.0 Å². The molecule has 2 heterocycles. The molecule has 3 rings (SSSR count). The minimum atomic E-state index is -0.394. The third kappa shape index (κ3) is 2.91. The molecule has 5 heteroatoms. The molecule has 2 aromatic rings. The van der Waals surface area contributed by atoms with E-state index in [2.05, 4.69) is 9.88 Å². The Labute approximate surface area is 128 Å². The number of likely N-dealkylation sites (tertiary alicyclic amines) is 1. The molecule has 118 valence electrons. The number of hydrogen-bond donors (Lipinski definition) is 2. The summed E-state index contributed by atoms with van der Waals surface area (Å²) in [5.41, 5.74) is 1.74. The number of hydrogen-bond acceptors (Lipinski definition) is 3. The van der Waals surface area contributed by atoms with Gasteiger partial charge in [-0.3, -0.25) is 9.69 Å². The van der Waals surface area contributed by atoms with Crippen molar-refractivity contribution < 1.29 is 9.50 Å². The molecule has 0 unspecified atom stereocenters. The Balaban J connectivity index is 2.03. The molecule has 0 radical (unpaired) electrons. The number of aryl methyl sites for hydroxylation is 1. The minimum absolute atomic E-state index is 0.205. The van der Waals surface area contributed by atoms with Crippen LogP contribution in [0.2, 0.25) is 0 Å². The first kappa shape index (κ1) is 15.2. The molecule has 1 aliphatic heterocycles. The van der Waals surface area contributed by atoms with Gasteiger partial charge in [-0.05, 0) is 42.3 Å². The van der Waals surface area contributed by atoms with Crippen molar-refractivity contribution in [3.63, 3.8) is 0 Å². The van der Waals surface area contributed by atoms with Crippen LogP contribution < -0.4 is 5.56 Å². The number of halogens is 1. The molecule has 0 amide bonds. The predicted octanol–water partition coefficient (Wildman–Crippen LogP) is 2.19. The monoisotopic (exact) mass is 304 g/mol. The first-order valence-corrected chi connectivity index (χ1v) is 7.82. The molecule has 1 aliphatic rings. The summed E-state index contributed by atoms with van der Waals surface area (Å²) >= 11 is 0. The van der Waals surface area contributed by atoms with Crippen LogP contribution in [0.5, 0.6) is 0 Å². The third-order valence-corrected chi connectivity index (χ3v) is 4.47. The number of rotatable bonds is 3. The number of aromatic amines is 1. The van der Waals surface area contributed by atoms with Gasteiger partial charge in [-0.2, -0.15) is 0 Å².